The topological polar surface area (TPSA) is 86.7 Å². The van der Waals surface area contributed by atoms with Crippen molar-refractivity contribution in [1.82, 2.24) is 0 Å². The Bertz CT molecular complexity index is 360. The fourth-order valence-corrected chi connectivity index (χ4v) is 2.51. The van der Waals surface area contributed by atoms with E-state index in [-0.39, 0.29) is 6.61 Å². The van der Waals surface area contributed by atoms with Crippen molar-refractivity contribution in [2.75, 3.05) is 12.9 Å². The van der Waals surface area contributed by atoms with Gasteiger partial charge in [0.25, 0.3) is 10.1 Å². The van der Waals surface area contributed by atoms with Crippen LogP contribution >= 0.6 is 8.03 Å². The highest BCUT2D eigenvalue weighted by Crippen LogP contribution is 2.31. The number of hydrogen-bond donors (Lipinski definition) is 0. The number of hydrogen-bond acceptors (Lipinski definition) is 6. The fraction of sp³-hybridized carbons (Fsp3) is 0.571. The summed E-state index contributed by atoms with van der Waals surface area (Å²) in [5.74, 6) is -2.26. The molecule has 6 nitrogen and oxygen atoms in total. The Morgan fingerprint density at radius 1 is 1.60 bits per heavy atom. The first-order chi connectivity index (χ1) is 6.78. The van der Waals surface area contributed by atoms with Crippen molar-refractivity contribution in [3.63, 3.8) is 0 Å². The summed E-state index contributed by atoms with van der Waals surface area (Å²) in [4.78, 5) is 10.9. The SMILES string of the molecule is C=CCO[P+](=O)C(OS(C)(=O)=O)C(C)=O. The van der Waals surface area contributed by atoms with Gasteiger partial charge in [-0.1, -0.05) is 6.08 Å². The van der Waals surface area contributed by atoms with E-state index >= 15 is 0 Å². The van der Waals surface area contributed by atoms with Crippen molar-refractivity contribution in [3.8, 4) is 0 Å². The van der Waals surface area contributed by atoms with Gasteiger partial charge in [-0.15, -0.1) is 11.1 Å². The standard InChI is InChI=1S/C7H12O6PS/c1-4-5-12-14(9)7(6(2)8)13-15(3,10)11/h4,7H,1,5H2,2-3H3/q+1. The summed E-state index contributed by atoms with van der Waals surface area (Å²) >= 11 is 0. The molecule has 15 heavy (non-hydrogen) atoms. The van der Waals surface area contributed by atoms with Crippen LogP contribution in [0.2, 0.25) is 0 Å². The van der Waals surface area contributed by atoms with E-state index in [4.69, 9.17) is 0 Å². The van der Waals surface area contributed by atoms with E-state index in [2.05, 4.69) is 15.3 Å². The van der Waals surface area contributed by atoms with Gasteiger partial charge < -0.3 is 0 Å². The van der Waals surface area contributed by atoms with Crippen molar-refractivity contribution < 1.29 is 26.5 Å². The zero-order chi connectivity index (χ0) is 12.1. The lowest BCUT2D eigenvalue weighted by molar-refractivity contribution is -0.120. The van der Waals surface area contributed by atoms with Gasteiger partial charge in [-0.3, -0.25) is 4.79 Å². The van der Waals surface area contributed by atoms with Gasteiger partial charge in [0.1, 0.15) is 6.61 Å². The largest absolute Gasteiger partial charge is 0.550 e. The van der Waals surface area contributed by atoms with Gasteiger partial charge in [0.15, 0.2) is 0 Å². The summed E-state index contributed by atoms with van der Waals surface area (Å²) in [6, 6.07) is 0. The molecular weight excluding hydrogens is 243 g/mol. The molecule has 0 aromatic rings. The molecule has 0 aromatic carbocycles. The minimum Gasteiger partial charge on any atom is -0.292 e. The molecule has 0 fully saturated rings. The van der Waals surface area contributed by atoms with Crippen LogP contribution in [0.5, 0.6) is 0 Å². The van der Waals surface area contributed by atoms with E-state index in [0.717, 1.165) is 13.2 Å². The van der Waals surface area contributed by atoms with E-state index in [9.17, 15) is 17.8 Å². The Hall–Kier alpha value is -0.620. The lowest BCUT2D eigenvalue weighted by Crippen LogP contribution is -2.22. The van der Waals surface area contributed by atoms with Gasteiger partial charge in [0, 0.05) is 6.92 Å². The second-order valence-electron chi connectivity index (χ2n) is 2.63. The second kappa shape index (κ2) is 6.07. The monoisotopic (exact) mass is 255 g/mol. The molecule has 2 unspecified atom stereocenters. The van der Waals surface area contributed by atoms with Gasteiger partial charge in [0.05, 0.1) is 6.26 Å². The molecule has 0 radical (unpaired) electrons. The zero-order valence-electron chi connectivity index (χ0n) is 8.37. The molecule has 0 saturated carbocycles. The minimum absolute atomic E-state index is 0.0495. The Balaban J connectivity index is 4.60. The number of Topliss-reactive ketones (excluding diaryl/α,β-unsaturated/α-hetero) is 1. The summed E-state index contributed by atoms with van der Waals surface area (Å²) in [5, 5.41) is 0. The first kappa shape index (κ1) is 14.4. The van der Waals surface area contributed by atoms with Crippen LogP contribution in [-0.2, 0) is 28.2 Å². The number of ketones is 1. The van der Waals surface area contributed by atoms with Gasteiger partial charge >= 0.3 is 13.9 Å². The molecule has 8 heteroatoms. The van der Waals surface area contributed by atoms with Crippen molar-refractivity contribution >= 4 is 23.9 Å². The van der Waals surface area contributed by atoms with E-state index in [1.165, 1.54) is 6.08 Å². The summed E-state index contributed by atoms with van der Waals surface area (Å²) in [5.41, 5.74) is 0. The van der Waals surface area contributed by atoms with Gasteiger partial charge in [-0.05, 0) is 4.57 Å². The molecule has 0 heterocycles. The summed E-state index contributed by atoms with van der Waals surface area (Å²) < 4.78 is 41.8. The minimum atomic E-state index is -3.85. The molecule has 0 rings (SSSR count). The Kier molecular flexibility index (Phi) is 5.82. The fourth-order valence-electron chi connectivity index (χ4n) is 0.611. The molecule has 2 atom stereocenters. The third-order valence-electron chi connectivity index (χ3n) is 1.12. The predicted octanol–water partition coefficient (Wildman–Crippen LogP) is 0.823. The average molecular weight is 255 g/mol. The normalized spacial score (nSPS) is 14.4. The first-order valence-electron chi connectivity index (χ1n) is 3.87. The Labute approximate surface area is 89.3 Å². The molecule has 0 bridgehead atoms. The van der Waals surface area contributed by atoms with E-state index in [0.29, 0.717) is 0 Å². The smallest absolute Gasteiger partial charge is 0.292 e. The average Bonchev–Trinajstić information content (AvgIpc) is 2.08. The van der Waals surface area contributed by atoms with Crippen LogP contribution < -0.4 is 0 Å². The second-order valence-corrected chi connectivity index (χ2v) is 5.53. The lowest BCUT2D eigenvalue weighted by Gasteiger charge is -2.01. The highest BCUT2D eigenvalue weighted by Gasteiger charge is 2.41. The molecule has 0 aliphatic carbocycles. The summed E-state index contributed by atoms with van der Waals surface area (Å²) in [6.45, 7) is 4.33. The van der Waals surface area contributed by atoms with Gasteiger partial charge in [-0.25, -0.2) is 4.18 Å². The third-order valence-corrected chi connectivity index (χ3v) is 3.06. The van der Waals surface area contributed by atoms with Crippen LogP contribution in [0.25, 0.3) is 0 Å². The maximum Gasteiger partial charge on any atom is 0.550 e. The summed E-state index contributed by atoms with van der Waals surface area (Å²) in [6.07, 6.45) is 2.09. The predicted molar refractivity (Wildman–Crippen MR) is 54.2 cm³/mol. The lowest BCUT2D eigenvalue weighted by atomic mass is 10.5. The van der Waals surface area contributed by atoms with E-state index < -0.39 is 29.8 Å². The van der Waals surface area contributed by atoms with Crippen LogP contribution in [0.3, 0.4) is 0 Å². The maximum atomic E-state index is 11.3. The van der Waals surface area contributed by atoms with Crippen molar-refractivity contribution in [3.05, 3.63) is 12.7 Å². The highest BCUT2D eigenvalue weighted by molar-refractivity contribution is 7.86. The molecular formula is C7H12O6PS+. The number of carbonyl (C=O) groups excluding carboxylic acids is 1. The molecule has 0 N–H and O–H groups in total. The third kappa shape index (κ3) is 6.46. The molecule has 0 aliphatic rings. The van der Waals surface area contributed by atoms with Crippen LogP contribution in [0, 0.1) is 0 Å². The molecule has 0 spiro atoms. The van der Waals surface area contributed by atoms with Gasteiger partial charge in [0.2, 0.25) is 5.78 Å². The van der Waals surface area contributed by atoms with Crippen molar-refractivity contribution in [1.29, 1.82) is 0 Å². The number of carbonyl (C=O) groups is 1. The van der Waals surface area contributed by atoms with Crippen molar-refractivity contribution in [2.24, 2.45) is 0 Å². The van der Waals surface area contributed by atoms with E-state index in [1.54, 1.807) is 0 Å². The van der Waals surface area contributed by atoms with E-state index in [1.807, 2.05) is 0 Å². The number of rotatable bonds is 7. The van der Waals surface area contributed by atoms with Crippen LogP contribution in [0.4, 0.5) is 0 Å². The molecule has 0 aliphatic heterocycles. The highest BCUT2D eigenvalue weighted by atomic mass is 32.2. The van der Waals surface area contributed by atoms with Crippen LogP contribution in [0.1, 0.15) is 6.92 Å². The molecule has 86 valence electrons. The summed E-state index contributed by atoms with van der Waals surface area (Å²) in [7, 11) is -6.37. The Morgan fingerprint density at radius 3 is 2.47 bits per heavy atom. The Morgan fingerprint density at radius 2 is 2.13 bits per heavy atom. The van der Waals surface area contributed by atoms with Crippen LogP contribution in [0.15, 0.2) is 12.7 Å². The van der Waals surface area contributed by atoms with Gasteiger partial charge in [-0.2, -0.15) is 8.42 Å². The first-order valence-corrected chi connectivity index (χ1v) is 6.93. The molecule has 0 amide bonds. The zero-order valence-corrected chi connectivity index (χ0v) is 10.1. The van der Waals surface area contributed by atoms with Crippen LogP contribution in [-0.4, -0.2) is 32.9 Å². The maximum absolute atomic E-state index is 11.3. The van der Waals surface area contributed by atoms with Crippen molar-refractivity contribution in [2.45, 2.75) is 12.8 Å². The molecule has 0 aromatic heterocycles. The quantitative estimate of drug-likeness (QED) is 0.380. The molecule has 0 saturated heterocycles.